The van der Waals surface area contributed by atoms with E-state index < -0.39 is 17.6 Å². The molecule has 0 spiro atoms. The number of thioether (sulfide) groups is 1. The number of ketones is 1. The van der Waals surface area contributed by atoms with Crippen molar-refractivity contribution in [3.05, 3.63) is 58.6 Å². The van der Waals surface area contributed by atoms with Gasteiger partial charge < -0.3 is 10.1 Å². The number of halogens is 4. The zero-order chi connectivity index (χ0) is 20.7. The summed E-state index contributed by atoms with van der Waals surface area (Å²) in [5, 5.41) is 2.40. The van der Waals surface area contributed by atoms with Gasteiger partial charge in [-0.05, 0) is 37.3 Å². The molecule has 150 valence electrons. The topological polar surface area (TPSA) is 55.4 Å². The number of carbonyl (C=O) groups excluding carboxylic acids is 2. The summed E-state index contributed by atoms with van der Waals surface area (Å²) in [6.45, 7) is 1.72. The molecule has 9 heteroatoms. The standard InChI is InChI=1S/C19H17ClF3NO3S/c1-12(25)14-4-2-3-5-17(14)27-8-9-28-11-18(26)24-16-10-13(19(21,22)23)6-7-15(16)20/h2-7,10H,8-9,11H2,1H3,(H,24,26). The lowest BCUT2D eigenvalue weighted by atomic mass is 10.1. The predicted octanol–water partition coefficient (Wildman–Crippen LogP) is 5.31. The van der Waals surface area contributed by atoms with Gasteiger partial charge in [-0.3, -0.25) is 9.59 Å². The molecular formula is C19H17ClF3NO3S. The molecule has 2 aromatic carbocycles. The van der Waals surface area contributed by atoms with Crippen LogP contribution in [0.1, 0.15) is 22.8 Å². The van der Waals surface area contributed by atoms with Crippen molar-refractivity contribution in [1.29, 1.82) is 0 Å². The number of anilines is 1. The van der Waals surface area contributed by atoms with Crippen molar-refractivity contribution in [1.82, 2.24) is 0 Å². The van der Waals surface area contributed by atoms with Crippen LogP contribution < -0.4 is 10.1 Å². The van der Waals surface area contributed by atoms with E-state index in [1.54, 1.807) is 24.3 Å². The second-order valence-electron chi connectivity index (χ2n) is 5.69. The highest BCUT2D eigenvalue weighted by Crippen LogP contribution is 2.33. The predicted molar refractivity (Wildman–Crippen MR) is 104 cm³/mol. The number of carbonyl (C=O) groups is 2. The van der Waals surface area contributed by atoms with Crippen LogP contribution in [0.3, 0.4) is 0 Å². The van der Waals surface area contributed by atoms with Crippen LogP contribution >= 0.6 is 23.4 Å². The number of alkyl halides is 3. The van der Waals surface area contributed by atoms with E-state index in [-0.39, 0.29) is 28.9 Å². The first-order valence-corrected chi connectivity index (χ1v) is 9.69. The molecule has 2 aromatic rings. The molecule has 0 aromatic heterocycles. The van der Waals surface area contributed by atoms with Gasteiger partial charge in [-0.2, -0.15) is 13.2 Å². The average molecular weight is 432 g/mol. The number of amides is 1. The van der Waals surface area contributed by atoms with Crippen molar-refractivity contribution in [2.24, 2.45) is 0 Å². The maximum atomic E-state index is 12.7. The third kappa shape index (κ3) is 6.45. The van der Waals surface area contributed by atoms with Crippen molar-refractivity contribution in [3.8, 4) is 5.75 Å². The Morgan fingerprint density at radius 3 is 2.57 bits per heavy atom. The first-order valence-electron chi connectivity index (χ1n) is 8.15. The summed E-state index contributed by atoms with van der Waals surface area (Å²) in [7, 11) is 0. The van der Waals surface area contributed by atoms with E-state index in [1.807, 2.05) is 0 Å². The van der Waals surface area contributed by atoms with E-state index in [4.69, 9.17) is 16.3 Å². The highest BCUT2D eigenvalue weighted by molar-refractivity contribution is 7.99. The number of nitrogens with one attached hydrogen (secondary N) is 1. The quantitative estimate of drug-likeness (QED) is 0.454. The lowest BCUT2D eigenvalue weighted by Crippen LogP contribution is -2.16. The van der Waals surface area contributed by atoms with Crippen molar-refractivity contribution in [2.75, 3.05) is 23.4 Å². The Morgan fingerprint density at radius 1 is 1.18 bits per heavy atom. The zero-order valence-electron chi connectivity index (χ0n) is 14.8. The van der Waals surface area contributed by atoms with E-state index >= 15 is 0 Å². The van der Waals surface area contributed by atoms with Crippen LogP contribution in [0.25, 0.3) is 0 Å². The average Bonchev–Trinajstić information content (AvgIpc) is 2.62. The minimum Gasteiger partial charge on any atom is -0.492 e. The molecule has 0 radical (unpaired) electrons. The van der Waals surface area contributed by atoms with E-state index in [0.29, 0.717) is 17.1 Å². The van der Waals surface area contributed by atoms with Gasteiger partial charge in [0.2, 0.25) is 5.91 Å². The summed E-state index contributed by atoms with van der Waals surface area (Å²) >= 11 is 7.09. The Hall–Kier alpha value is -2.19. The number of benzene rings is 2. The maximum absolute atomic E-state index is 12.7. The van der Waals surface area contributed by atoms with E-state index in [0.717, 1.165) is 18.2 Å². The number of Topliss-reactive ketones (excluding diaryl/α,β-unsaturated/α-hetero) is 1. The monoisotopic (exact) mass is 431 g/mol. The molecule has 4 nitrogen and oxygen atoms in total. The fraction of sp³-hybridized carbons (Fsp3) is 0.263. The zero-order valence-corrected chi connectivity index (χ0v) is 16.4. The molecule has 0 unspecified atom stereocenters. The molecule has 0 aliphatic heterocycles. The molecule has 0 aliphatic carbocycles. The van der Waals surface area contributed by atoms with Crippen molar-refractivity contribution < 1.29 is 27.5 Å². The third-order valence-electron chi connectivity index (χ3n) is 3.55. The number of ether oxygens (including phenoxy) is 1. The second kappa shape index (κ2) is 9.84. The summed E-state index contributed by atoms with van der Waals surface area (Å²) in [5.41, 5.74) is -0.504. The summed E-state index contributed by atoms with van der Waals surface area (Å²) in [4.78, 5) is 23.5. The van der Waals surface area contributed by atoms with Crippen LogP contribution in [0, 0.1) is 0 Å². The third-order valence-corrected chi connectivity index (χ3v) is 4.80. The van der Waals surface area contributed by atoms with Gasteiger partial charge in [0.05, 0.1) is 34.2 Å². The highest BCUT2D eigenvalue weighted by atomic mass is 35.5. The summed E-state index contributed by atoms with van der Waals surface area (Å²) in [6.07, 6.45) is -4.52. The first kappa shape index (κ1) is 22.1. The van der Waals surface area contributed by atoms with E-state index in [2.05, 4.69) is 5.32 Å². The molecule has 1 amide bonds. The molecular weight excluding hydrogens is 415 g/mol. The number of rotatable bonds is 8. The Kier molecular flexibility index (Phi) is 7.77. The molecule has 0 atom stereocenters. The van der Waals surface area contributed by atoms with Gasteiger partial charge in [0.1, 0.15) is 5.75 Å². The van der Waals surface area contributed by atoms with Gasteiger partial charge in [-0.1, -0.05) is 23.7 Å². The van der Waals surface area contributed by atoms with E-state index in [9.17, 15) is 22.8 Å². The Labute approximate surface area is 169 Å². The normalized spacial score (nSPS) is 11.2. The number of hydrogen-bond donors (Lipinski definition) is 1. The SMILES string of the molecule is CC(=O)c1ccccc1OCCSCC(=O)Nc1cc(C(F)(F)F)ccc1Cl. The Bertz CT molecular complexity index is 859. The summed E-state index contributed by atoms with van der Waals surface area (Å²) < 4.78 is 43.8. The molecule has 0 bridgehead atoms. The fourth-order valence-corrected chi connectivity index (χ4v) is 3.01. The minimum atomic E-state index is -4.52. The molecule has 28 heavy (non-hydrogen) atoms. The van der Waals surface area contributed by atoms with Crippen molar-refractivity contribution in [3.63, 3.8) is 0 Å². The van der Waals surface area contributed by atoms with Gasteiger partial charge in [-0.25, -0.2) is 0 Å². The minimum absolute atomic E-state index is 0.0181. The molecule has 1 N–H and O–H groups in total. The molecule has 2 rings (SSSR count). The number of para-hydroxylation sites is 1. The smallest absolute Gasteiger partial charge is 0.416 e. The van der Waals surface area contributed by atoms with Crippen LogP contribution in [-0.2, 0) is 11.0 Å². The van der Waals surface area contributed by atoms with Crippen LogP contribution in [-0.4, -0.2) is 29.8 Å². The maximum Gasteiger partial charge on any atom is 0.416 e. The van der Waals surface area contributed by atoms with Crippen molar-refractivity contribution in [2.45, 2.75) is 13.1 Å². The van der Waals surface area contributed by atoms with Crippen LogP contribution in [0.4, 0.5) is 18.9 Å². The van der Waals surface area contributed by atoms with Gasteiger partial charge in [0.15, 0.2) is 5.78 Å². The Balaban J connectivity index is 1.80. The molecule has 0 saturated carbocycles. The summed E-state index contributed by atoms with van der Waals surface area (Å²) in [6, 6.07) is 9.58. The van der Waals surface area contributed by atoms with Gasteiger partial charge in [-0.15, -0.1) is 11.8 Å². The number of hydrogen-bond acceptors (Lipinski definition) is 4. The largest absolute Gasteiger partial charge is 0.492 e. The lowest BCUT2D eigenvalue weighted by molar-refractivity contribution is -0.137. The second-order valence-corrected chi connectivity index (χ2v) is 7.21. The molecule has 0 aliphatic rings. The molecule has 0 saturated heterocycles. The van der Waals surface area contributed by atoms with Gasteiger partial charge in [0, 0.05) is 5.75 Å². The highest BCUT2D eigenvalue weighted by Gasteiger charge is 2.31. The van der Waals surface area contributed by atoms with Crippen molar-refractivity contribution >= 4 is 40.7 Å². The van der Waals surface area contributed by atoms with Crippen LogP contribution in [0.15, 0.2) is 42.5 Å². The first-order chi connectivity index (χ1) is 13.2. The van der Waals surface area contributed by atoms with Gasteiger partial charge >= 0.3 is 6.18 Å². The van der Waals surface area contributed by atoms with Crippen LogP contribution in [0.2, 0.25) is 5.02 Å². The fourth-order valence-electron chi connectivity index (χ4n) is 2.24. The molecule has 0 fully saturated rings. The summed E-state index contributed by atoms with van der Waals surface area (Å²) in [5.74, 6) is 0.354. The lowest BCUT2D eigenvalue weighted by Gasteiger charge is -2.12. The van der Waals surface area contributed by atoms with Gasteiger partial charge in [0.25, 0.3) is 0 Å². The van der Waals surface area contributed by atoms with E-state index in [1.165, 1.54) is 18.7 Å². The van der Waals surface area contributed by atoms with Crippen LogP contribution in [0.5, 0.6) is 5.75 Å². The molecule has 0 heterocycles. The Morgan fingerprint density at radius 2 is 1.89 bits per heavy atom.